The maximum Gasteiger partial charge on any atom is 0.272 e. The molecule has 1 N–H and O–H groups in total. The fraction of sp³-hybridized carbons (Fsp3) is 0.136. The molecular weight excluding hydrogens is 372 g/mol. The molecule has 2 aromatic heterocycles. The first-order valence-electron chi connectivity index (χ1n) is 9.11. The number of amides is 1. The molecule has 0 fully saturated rings. The van der Waals surface area contributed by atoms with E-state index in [1.165, 1.54) is 0 Å². The van der Waals surface area contributed by atoms with Gasteiger partial charge in [-0.25, -0.2) is 9.50 Å². The molecule has 6 heteroatoms. The van der Waals surface area contributed by atoms with Crippen LogP contribution in [-0.4, -0.2) is 20.5 Å². The lowest BCUT2D eigenvalue weighted by molar-refractivity contribution is 0.0943. The van der Waals surface area contributed by atoms with Crippen LogP contribution in [0.1, 0.15) is 28.7 Å². The predicted octanol–water partition coefficient (Wildman–Crippen LogP) is 4.54. The number of aromatic nitrogens is 3. The number of hydrogen-bond donors (Lipinski definition) is 1. The molecule has 5 nitrogen and oxygen atoms in total. The lowest BCUT2D eigenvalue weighted by atomic mass is 10.0. The minimum Gasteiger partial charge on any atom is -0.347 e. The standard InChI is InChI=1S/C22H19ClN4O/c1-2-19-21(27-20(26-19)4-3-13-25-27)22(28)24-14-15-5-7-16(8-6-15)17-9-11-18(23)12-10-17/h3-13H,2,14H2,1H3,(H,24,28). The topological polar surface area (TPSA) is 59.3 Å². The summed E-state index contributed by atoms with van der Waals surface area (Å²) in [4.78, 5) is 17.3. The van der Waals surface area contributed by atoms with Gasteiger partial charge in [-0.1, -0.05) is 54.9 Å². The first-order chi connectivity index (χ1) is 13.7. The van der Waals surface area contributed by atoms with E-state index in [1.807, 2.05) is 67.6 Å². The van der Waals surface area contributed by atoms with Gasteiger partial charge in [-0.15, -0.1) is 0 Å². The SMILES string of the molecule is CCc1nc2cccnn2c1C(=O)NCc1ccc(-c2ccc(Cl)cc2)cc1. The number of aryl methyl sites for hydroxylation is 1. The molecule has 2 heterocycles. The normalized spacial score (nSPS) is 10.9. The molecule has 0 aliphatic carbocycles. The second-order valence-electron chi connectivity index (χ2n) is 6.44. The summed E-state index contributed by atoms with van der Waals surface area (Å²) in [6.45, 7) is 2.41. The van der Waals surface area contributed by atoms with Gasteiger partial charge in [0.2, 0.25) is 0 Å². The number of nitrogens with one attached hydrogen (secondary N) is 1. The van der Waals surface area contributed by atoms with E-state index in [0.29, 0.717) is 24.3 Å². The van der Waals surface area contributed by atoms with Gasteiger partial charge in [0.15, 0.2) is 11.3 Å². The van der Waals surface area contributed by atoms with Gasteiger partial charge in [-0.05, 0) is 47.4 Å². The van der Waals surface area contributed by atoms with Crippen LogP contribution >= 0.6 is 11.6 Å². The monoisotopic (exact) mass is 390 g/mol. The molecule has 0 aliphatic heterocycles. The number of hydrogen-bond acceptors (Lipinski definition) is 3. The fourth-order valence-corrected chi connectivity index (χ4v) is 3.26. The van der Waals surface area contributed by atoms with Crippen LogP contribution in [-0.2, 0) is 13.0 Å². The van der Waals surface area contributed by atoms with E-state index in [9.17, 15) is 4.79 Å². The quantitative estimate of drug-likeness (QED) is 0.544. The zero-order valence-electron chi connectivity index (χ0n) is 15.4. The Balaban J connectivity index is 1.49. The summed E-state index contributed by atoms with van der Waals surface area (Å²) >= 11 is 5.94. The zero-order chi connectivity index (χ0) is 19.5. The van der Waals surface area contributed by atoms with Gasteiger partial charge < -0.3 is 5.32 Å². The van der Waals surface area contributed by atoms with E-state index in [0.717, 1.165) is 27.4 Å². The highest BCUT2D eigenvalue weighted by Crippen LogP contribution is 2.22. The Morgan fingerprint density at radius 2 is 1.71 bits per heavy atom. The van der Waals surface area contributed by atoms with Gasteiger partial charge >= 0.3 is 0 Å². The van der Waals surface area contributed by atoms with Crippen LogP contribution in [0.2, 0.25) is 5.02 Å². The van der Waals surface area contributed by atoms with Crippen LogP contribution < -0.4 is 5.32 Å². The van der Waals surface area contributed by atoms with Crippen LogP contribution in [0.3, 0.4) is 0 Å². The average Bonchev–Trinajstić information content (AvgIpc) is 3.12. The maximum atomic E-state index is 12.8. The minimum absolute atomic E-state index is 0.176. The number of rotatable bonds is 5. The summed E-state index contributed by atoms with van der Waals surface area (Å²) in [6.07, 6.45) is 2.32. The second kappa shape index (κ2) is 7.82. The highest BCUT2D eigenvalue weighted by Gasteiger charge is 2.18. The number of imidazole rings is 1. The lowest BCUT2D eigenvalue weighted by Gasteiger charge is -2.08. The smallest absolute Gasteiger partial charge is 0.272 e. The van der Waals surface area contributed by atoms with Crippen molar-refractivity contribution >= 4 is 23.2 Å². The average molecular weight is 391 g/mol. The zero-order valence-corrected chi connectivity index (χ0v) is 16.1. The third kappa shape index (κ3) is 3.62. The Hall–Kier alpha value is -3.18. The Morgan fingerprint density at radius 3 is 2.39 bits per heavy atom. The molecule has 0 atom stereocenters. The highest BCUT2D eigenvalue weighted by molar-refractivity contribution is 6.30. The molecule has 0 radical (unpaired) electrons. The number of fused-ring (bicyclic) bond motifs is 1. The fourth-order valence-electron chi connectivity index (χ4n) is 3.13. The Bertz CT molecular complexity index is 1120. The molecule has 0 spiro atoms. The van der Waals surface area contributed by atoms with Gasteiger partial charge in [-0.3, -0.25) is 4.79 Å². The number of benzene rings is 2. The highest BCUT2D eigenvalue weighted by atomic mass is 35.5. The van der Waals surface area contributed by atoms with E-state index < -0.39 is 0 Å². The number of nitrogens with zero attached hydrogens (tertiary/aromatic N) is 3. The Morgan fingerprint density at radius 1 is 1.04 bits per heavy atom. The molecule has 4 rings (SSSR count). The van der Waals surface area contributed by atoms with Crippen molar-refractivity contribution < 1.29 is 4.79 Å². The largest absolute Gasteiger partial charge is 0.347 e. The van der Waals surface area contributed by atoms with E-state index in [-0.39, 0.29) is 5.91 Å². The summed E-state index contributed by atoms with van der Waals surface area (Å²) in [5.41, 5.74) is 5.14. The first kappa shape index (κ1) is 18.2. The number of carbonyl (C=O) groups is 1. The van der Waals surface area contributed by atoms with Crippen LogP contribution in [0.5, 0.6) is 0 Å². The molecule has 0 unspecified atom stereocenters. The predicted molar refractivity (Wildman–Crippen MR) is 110 cm³/mol. The van der Waals surface area contributed by atoms with E-state index in [2.05, 4.69) is 15.4 Å². The third-order valence-electron chi connectivity index (χ3n) is 4.60. The van der Waals surface area contributed by atoms with Crippen molar-refractivity contribution in [3.63, 3.8) is 0 Å². The number of carbonyl (C=O) groups excluding carboxylic acids is 1. The van der Waals surface area contributed by atoms with Crippen molar-refractivity contribution in [1.29, 1.82) is 0 Å². The molecule has 0 saturated carbocycles. The summed E-state index contributed by atoms with van der Waals surface area (Å²) in [5.74, 6) is -0.176. The van der Waals surface area contributed by atoms with Gasteiger partial charge in [0.1, 0.15) is 0 Å². The molecule has 0 bridgehead atoms. The van der Waals surface area contributed by atoms with Crippen molar-refractivity contribution in [2.24, 2.45) is 0 Å². The van der Waals surface area contributed by atoms with Gasteiger partial charge in [0.25, 0.3) is 5.91 Å². The first-order valence-corrected chi connectivity index (χ1v) is 9.49. The van der Waals surface area contributed by atoms with Crippen LogP contribution in [0.15, 0.2) is 66.9 Å². The second-order valence-corrected chi connectivity index (χ2v) is 6.88. The molecule has 140 valence electrons. The summed E-state index contributed by atoms with van der Waals surface area (Å²) in [7, 11) is 0. The maximum absolute atomic E-state index is 12.8. The van der Waals surface area contributed by atoms with E-state index in [1.54, 1.807) is 10.7 Å². The summed E-state index contributed by atoms with van der Waals surface area (Å²) < 4.78 is 1.60. The Labute approximate surface area is 168 Å². The van der Waals surface area contributed by atoms with Crippen LogP contribution in [0.4, 0.5) is 0 Å². The minimum atomic E-state index is -0.176. The van der Waals surface area contributed by atoms with Gasteiger partial charge in [0.05, 0.1) is 5.69 Å². The van der Waals surface area contributed by atoms with Crippen LogP contribution in [0, 0.1) is 0 Å². The van der Waals surface area contributed by atoms with Crippen molar-refractivity contribution in [1.82, 2.24) is 19.9 Å². The Kier molecular flexibility index (Phi) is 5.08. The van der Waals surface area contributed by atoms with Crippen molar-refractivity contribution in [3.8, 4) is 11.1 Å². The summed E-state index contributed by atoms with van der Waals surface area (Å²) in [5, 5.41) is 7.96. The van der Waals surface area contributed by atoms with E-state index in [4.69, 9.17) is 11.6 Å². The molecule has 1 amide bonds. The summed E-state index contributed by atoms with van der Waals surface area (Å²) in [6, 6.07) is 19.5. The van der Waals surface area contributed by atoms with Gasteiger partial charge in [-0.2, -0.15) is 5.10 Å². The van der Waals surface area contributed by atoms with Crippen molar-refractivity contribution in [2.45, 2.75) is 19.9 Å². The van der Waals surface area contributed by atoms with Gasteiger partial charge in [0, 0.05) is 17.8 Å². The number of halogens is 1. The van der Waals surface area contributed by atoms with E-state index >= 15 is 0 Å². The van der Waals surface area contributed by atoms with Crippen molar-refractivity contribution in [2.75, 3.05) is 0 Å². The van der Waals surface area contributed by atoms with Crippen molar-refractivity contribution in [3.05, 3.63) is 88.8 Å². The molecule has 4 aromatic rings. The molecular formula is C22H19ClN4O. The molecule has 2 aromatic carbocycles. The molecule has 0 saturated heterocycles. The molecule has 0 aliphatic rings. The molecule has 28 heavy (non-hydrogen) atoms. The third-order valence-corrected chi connectivity index (χ3v) is 4.85. The van der Waals surface area contributed by atoms with Crippen LogP contribution in [0.25, 0.3) is 16.8 Å². The lowest BCUT2D eigenvalue weighted by Crippen LogP contribution is -2.25.